The van der Waals surface area contributed by atoms with Gasteiger partial charge < -0.3 is 15.5 Å². The van der Waals surface area contributed by atoms with Gasteiger partial charge in [-0.25, -0.2) is 0 Å². The van der Waals surface area contributed by atoms with Crippen LogP contribution in [0.2, 0.25) is 0 Å². The molecule has 4 nitrogen and oxygen atoms in total. The fraction of sp³-hybridized carbons (Fsp3) is 0.786. The molecule has 18 heavy (non-hydrogen) atoms. The number of likely N-dealkylation sites (N-methyl/N-ethyl adjacent to an activating group) is 1. The second-order valence-electron chi connectivity index (χ2n) is 5.51. The van der Waals surface area contributed by atoms with Gasteiger partial charge in [-0.05, 0) is 33.4 Å². The number of carbonyl (C=O) groups excluding carboxylic acids is 1. The van der Waals surface area contributed by atoms with E-state index < -0.39 is 0 Å². The Hall–Kier alpha value is -0.870. The number of amides is 1. The second-order valence-corrected chi connectivity index (χ2v) is 5.51. The molecule has 0 spiro atoms. The number of hydrogen-bond donors (Lipinski definition) is 2. The monoisotopic (exact) mass is 255 g/mol. The van der Waals surface area contributed by atoms with Crippen LogP contribution in [0.15, 0.2) is 12.7 Å². The second kappa shape index (κ2) is 9.11. The van der Waals surface area contributed by atoms with E-state index >= 15 is 0 Å². The van der Waals surface area contributed by atoms with Crippen LogP contribution in [-0.4, -0.2) is 50.1 Å². The van der Waals surface area contributed by atoms with Crippen molar-refractivity contribution in [1.29, 1.82) is 0 Å². The maximum absolute atomic E-state index is 11.8. The van der Waals surface area contributed by atoms with Crippen molar-refractivity contribution in [3.63, 3.8) is 0 Å². The Morgan fingerprint density at radius 1 is 1.33 bits per heavy atom. The number of carbonyl (C=O) groups is 1. The Kier molecular flexibility index (Phi) is 8.67. The van der Waals surface area contributed by atoms with Crippen LogP contribution in [-0.2, 0) is 4.79 Å². The van der Waals surface area contributed by atoms with E-state index in [9.17, 15) is 4.79 Å². The van der Waals surface area contributed by atoms with E-state index in [2.05, 4.69) is 50.1 Å². The fourth-order valence-electron chi connectivity index (χ4n) is 1.96. The van der Waals surface area contributed by atoms with Gasteiger partial charge in [0.25, 0.3) is 0 Å². The Morgan fingerprint density at radius 2 is 1.94 bits per heavy atom. The molecule has 0 saturated carbocycles. The topological polar surface area (TPSA) is 44.4 Å². The standard InChI is InChI=1S/C14H29N3O/c1-7-8-15-14(18)12(4)16-13(9-11(2)3)10-17(5)6/h7,11-13,16H,1,8-10H2,2-6H3,(H,15,18). The predicted octanol–water partition coefficient (Wildman–Crippen LogP) is 1.24. The van der Waals surface area contributed by atoms with Crippen molar-refractivity contribution in [3.05, 3.63) is 12.7 Å². The van der Waals surface area contributed by atoms with Gasteiger partial charge in [-0.1, -0.05) is 19.9 Å². The van der Waals surface area contributed by atoms with Gasteiger partial charge in [-0.2, -0.15) is 0 Å². The summed E-state index contributed by atoms with van der Waals surface area (Å²) in [4.78, 5) is 13.9. The lowest BCUT2D eigenvalue weighted by Gasteiger charge is -2.26. The third-order valence-corrected chi connectivity index (χ3v) is 2.64. The molecule has 2 atom stereocenters. The van der Waals surface area contributed by atoms with Crippen LogP contribution >= 0.6 is 0 Å². The van der Waals surface area contributed by atoms with Crippen LogP contribution in [0.1, 0.15) is 27.2 Å². The molecule has 0 aromatic carbocycles. The minimum Gasteiger partial charge on any atom is -0.351 e. The van der Waals surface area contributed by atoms with Gasteiger partial charge in [0, 0.05) is 19.1 Å². The fourth-order valence-corrected chi connectivity index (χ4v) is 1.96. The van der Waals surface area contributed by atoms with E-state index in [0.717, 1.165) is 13.0 Å². The molecule has 0 aliphatic rings. The quantitative estimate of drug-likeness (QED) is 0.609. The van der Waals surface area contributed by atoms with Crippen molar-refractivity contribution in [3.8, 4) is 0 Å². The van der Waals surface area contributed by atoms with Crippen LogP contribution in [0, 0.1) is 5.92 Å². The SMILES string of the molecule is C=CCNC(=O)C(C)NC(CC(C)C)CN(C)C. The first-order valence-electron chi connectivity index (χ1n) is 6.66. The van der Waals surface area contributed by atoms with Crippen molar-refractivity contribution in [1.82, 2.24) is 15.5 Å². The molecule has 0 heterocycles. The first-order chi connectivity index (χ1) is 8.36. The average Bonchev–Trinajstić information content (AvgIpc) is 2.23. The highest BCUT2D eigenvalue weighted by Gasteiger charge is 2.18. The first kappa shape index (κ1) is 17.1. The van der Waals surface area contributed by atoms with Crippen LogP contribution < -0.4 is 10.6 Å². The van der Waals surface area contributed by atoms with Crippen LogP contribution in [0.4, 0.5) is 0 Å². The van der Waals surface area contributed by atoms with Crippen LogP contribution in [0.3, 0.4) is 0 Å². The molecule has 0 rings (SSSR count). The third-order valence-electron chi connectivity index (χ3n) is 2.64. The summed E-state index contributed by atoms with van der Waals surface area (Å²) in [6, 6.07) is 0.165. The highest BCUT2D eigenvalue weighted by molar-refractivity contribution is 5.81. The van der Waals surface area contributed by atoms with Crippen molar-refractivity contribution in [2.45, 2.75) is 39.3 Å². The minimum absolute atomic E-state index is 0.0300. The zero-order valence-electron chi connectivity index (χ0n) is 12.5. The van der Waals surface area contributed by atoms with Crippen molar-refractivity contribution < 1.29 is 4.79 Å². The maximum atomic E-state index is 11.8. The van der Waals surface area contributed by atoms with E-state index in [0.29, 0.717) is 18.5 Å². The van der Waals surface area contributed by atoms with E-state index in [1.807, 2.05) is 6.92 Å². The number of nitrogens with one attached hydrogen (secondary N) is 2. The summed E-state index contributed by atoms with van der Waals surface area (Å²) in [5, 5.41) is 6.21. The number of rotatable bonds is 9. The zero-order valence-corrected chi connectivity index (χ0v) is 12.5. The molecule has 2 unspecified atom stereocenters. The molecule has 0 fully saturated rings. The van der Waals surface area contributed by atoms with Gasteiger partial charge in [-0.3, -0.25) is 4.79 Å². The molecular weight excluding hydrogens is 226 g/mol. The molecule has 0 aromatic rings. The van der Waals surface area contributed by atoms with Crippen molar-refractivity contribution >= 4 is 5.91 Å². The Balaban J connectivity index is 4.27. The number of hydrogen-bond acceptors (Lipinski definition) is 3. The summed E-state index contributed by atoms with van der Waals surface area (Å²) in [7, 11) is 4.11. The molecule has 4 heteroatoms. The summed E-state index contributed by atoms with van der Waals surface area (Å²) < 4.78 is 0. The Bertz CT molecular complexity index is 241. The van der Waals surface area contributed by atoms with Crippen LogP contribution in [0.5, 0.6) is 0 Å². The highest BCUT2D eigenvalue weighted by atomic mass is 16.2. The molecule has 106 valence electrons. The smallest absolute Gasteiger partial charge is 0.237 e. The molecule has 0 saturated heterocycles. The predicted molar refractivity (Wildman–Crippen MR) is 77.6 cm³/mol. The Labute approximate surface area is 112 Å². The van der Waals surface area contributed by atoms with Crippen LogP contribution in [0.25, 0.3) is 0 Å². The first-order valence-corrected chi connectivity index (χ1v) is 6.66. The lowest BCUT2D eigenvalue weighted by atomic mass is 10.0. The lowest BCUT2D eigenvalue weighted by molar-refractivity contribution is -0.122. The zero-order chi connectivity index (χ0) is 14.1. The van der Waals surface area contributed by atoms with Gasteiger partial charge >= 0.3 is 0 Å². The van der Waals surface area contributed by atoms with Gasteiger partial charge in [0.2, 0.25) is 5.91 Å². The third kappa shape index (κ3) is 8.25. The molecule has 0 aliphatic carbocycles. The summed E-state index contributed by atoms with van der Waals surface area (Å²) in [6.45, 7) is 11.4. The van der Waals surface area contributed by atoms with E-state index in [-0.39, 0.29) is 11.9 Å². The summed E-state index contributed by atoms with van der Waals surface area (Å²) in [5.74, 6) is 0.647. The normalized spacial score (nSPS) is 14.6. The lowest BCUT2D eigenvalue weighted by Crippen LogP contribution is -2.50. The molecular formula is C14H29N3O. The Morgan fingerprint density at radius 3 is 2.39 bits per heavy atom. The molecule has 0 aliphatic heterocycles. The van der Waals surface area contributed by atoms with E-state index in [1.54, 1.807) is 6.08 Å². The number of nitrogens with zero attached hydrogens (tertiary/aromatic N) is 1. The van der Waals surface area contributed by atoms with Gasteiger partial charge in [0.15, 0.2) is 0 Å². The summed E-state index contributed by atoms with van der Waals surface area (Å²) in [5.41, 5.74) is 0. The minimum atomic E-state index is -0.173. The van der Waals surface area contributed by atoms with Crippen molar-refractivity contribution in [2.75, 3.05) is 27.2 Å². The molecule has 0 bridgehead atoms. The van der Waals surface area contributed by atoms with E-state index in [1.165, 1.54) is 0 Å². The van der Waals surface area contributed by atoms with Gasteiger partial charge in [0.1, 0.15) is 0 Å². The summed E-state index contributed by atoms with van der Waals surface area (Å²) in [6.07, 6.45) is 2.76. The summed E-state index contributed by atoms with van der Waals surface area (Å²) >= 11 is 0. The van der Waals surface area contributed by atoms with E-state index in [4.69, 9.17) is 0 Å². The van der Waals surface area contributed by atoms with Crippen molar-refractivity contribution in [2.24, 2.45) is 5.92 Å². The average molecular weight is 255 g/mol. The van der Waals surface area contributed by atoms with Gasteiger partial charge in [-0.15, -0.1) is 6.58 Å². The maximum Gasteiger partial charge on any atom is 0.237 e. The molecule has 2 N–H and O–H groups in total. The van der Waals surface area contributed by atoms with Gasteiger partial charge in [0.05, 0.1) is 6.04 Å². The molecule has 0 aromatic heterocycles. The molecule has 1 amide bonds. The highest BCUT2D eigenvalue weighted by Crippen LogP contribution is 2.06. The largest absolute Gasteiger partial charge is 0.351 e. The molecule has 0 radical (unpaired) electrons.